The highest BCUT2D eigenvalue weighted by atomic mass is 32.2. The lowest BCUT2D eigenvalue weighted by atomic mass is 10.1. The first kappa shape index (κ1) is 18.1. The zero-order valence-corrected chi connectivity index (χ0v) is 15.3. The van der Waals surface area contributed by atoms with Gasteiger partial charge in [-0.25, -0.2) is 4.98 Å². The third kappa shape index (κ3) is 3.91. The Morgan fingerprint density at radius 3 is 2.42 bits per heavy atom. The number of hydrogen-bond acceptors (Lipinski definition) is 5. The number of methoxy groups -OCH3 is 1. The molecule has 3 aromatic rings. The van der Waals surface area contributed by atoms with Gasteiger partial charge >= 0.3 is 5.97 Å². The van der Waals surface area contributed by atoms with Crippen LogP contribution in [0.1, 0.15) is 13.3 Å². The Hall–Kier alpha value is -2.73. The summed E-state index contributed by atoms with van der Waals surface area (Å²) >= 11 is 1.13. The maximum atomic E-state index is 11.3. The largest absolute Gasteiger partial charge is 0.497 e. The Bertz CT molecular complexity index is 875. The molecule has 5 nitrogen and oxygen atoms in total. The molecule has 134 valence electrons. The van der Waals surface area contributed by atoms with E-state index in [1.807, 2.05) is 61.5 Å². The third-order valence-electron chi connectivity index (χ3n) is 3.90. The minimum Gasteiger partial charge on any atom is -0.497 e. The molecular formula is C20H19NO4S. The van der Waals surface area contributed by atoms with Crippen LogP contribution in [0.2, 0.25) is 0 Å². The van der Waals surface area contributed by atoms with E-state index in [1.54, 1.807) is 7.11 Å². The minimum absolute atomic E-state index is 0.351. The van der Waals surface area contributed by atoms with Crippen molar-refractivity contribution in [2.24, 2.45) is 0 Å². The Kier molecular flexibility index (Phi) is 5.63. The fourth-order valence-corrected chi connectivity index (χ4v) is 3.30. The average Bonchev–Trinajstić information content (AvgIpc) is 3.10. The van der Waals surface area contributed by atoms with Crippen LogP contribution in [0.4, 0.5) is 0 Å². The smallest absolute Gasteiger partial charge is 0.317 e. The molecule has 0 aliphatic heterocycles. The molecular weight excluding hydrogens is 350 g/mol. The first-order valence-corrected chi connectivity index (χ1v) is 9.10. The normalized spacial score (nSPS) is 11.9. The van der Waals surface area contributed by atoms with Crippen molar-refractivity contribution in [3.8, 4) is 28.3 Å². The van der Waals surface area contributed by atoms with Crippen LogP contribution < -0.4 is 4.74 Å². The first-order valence-electron chi connectivity index (χ1n) is 8.22. The van der Waals surface area contributed by atoms with Crippen molar-refractivity contribution in [1.82, 2.24) is 4.98 Å². The number of thioether (sulfide) groups is 1. The number of carboxylic acid groups (broad SMARTS) is 1. The summed E-state index contributed by atoms with van der Waals surface area (Å²) in [5, 5.41) is 9.05. The van der Waals surface area contributed by atoms with Crippen LogP contribution in [-0.4, -0.2) is 28.4 Å². The molecule has 3 rings (SSSR count). The zero-order valence-electron chi connectivity index (χ0n) is 14.5. The Morgan fingerprint density at radius 1 is 1.15 bits per heavy atom. The number of aromatic nitrogens is 1. The summed E-state index contributed by atoms with van der Waals surface area (Å²) < 4.78 is 11.2. The van der Waals surface area contributed by atoms with Gasteiger partial charge < -0.3 is 14.3 Å². The van der Waals surface area contributed by atoms with Crippen molar-refractivity contribution < 1.29 is 19.1 Å². The molecule has 1 aromatic heterocycles. The predicted octanol–water partition coefficient (Wildman–Crippen LogP) is 4.97. The van der Waals surface area contributed by atoms with E-state index < -0.39 is 11.2 Å². The van der Waals surface area contributed by atoms with Crippen LogP contribution in [0, 0.1) is 0 Å². The van der Waals surface area contributed by atoms with Gasteiger partial charge in [0.05, 0.1) is 7.11 Å². The van der Waals surface area contributed by atoms with Gasteiger partial charge in [0.15, 0.2) is 5.76 Å². The van der Waals surface area contributed by atoms with E-state index >= 15 is 0 Å². The molecule has 0 aliphatic carbocycles. The molecule has 0 radical (unpaired) electrons. The molecule has 0 saturated heterocycles. The molecule has 1 N–H and O–H groups in total. The number of benzene rings is 2. The van der Waals surface area contributed by atoms with Crippen LogP contribution in [-0.2, 0) is 4.79 Å². The summed E-state index contributed by atoms with van der Waals surface area (Å²) in [5.74, 6) is 0.491. The highest BCUT2D eigenvalue weighted by molar-refractivity contribution is 8.00. The molecule has 0 fully saturated rings. The van der Waals surface area contributed by atoms with Gasteiger partial charge in [0.2, 0.25) is 0 Å². The van der Waals surface area contributed by atoms with E-state index in [2.05, 4.69) is 4.98 Å². The second-order valence-electron chi connectivity index (χ2n) is 5.61. The van der Waals surface area contributed by atoms with Crippen LogP contribution in [0.5, 0.6) is 5.75 Å². The standard InChI is InChI=1S/C20H19NO4S/c1-3-16(19(22)23)26-20-21-17(13-7-5-4-6-8-13)18(25-20)14-9-11-15(24-2)12-10-14/h4-12,16H,3H2,1-2H3,(H,22,23). The molecule has 0 bridgehead atoms. The molecule has 6 heteroatoms. The summed E-state index contributed by atoms with van der Waals surface area (Å²) in [4.78, 5) is 15.9. The van der Waals surface area contributed by atoms with E-state index in [1.165, 1.54) is 0 Å². The molecule has 1 unspecified atom stereocenters. The van der Waals surface area contributed by atoms with Gasteiger partial charge in [-0.05, 0) is 30.7 Å². The zero-order chi connectivity index (χ0) is 18.5. The number of aliphatic carboxylic acids is 1. The Morgan fingerprint density at radius 2 is 1.85 bits per heavy atom. The van der Waals surface area contributed by atoms with E-state index in [4.69, 9.17) is 9.15 Å². The van der Waals surface area contributed by atoms with Crippen LogP contribution >= 0.6 is 11.8 Å². The third-order valence-corrected chi connectivity index (χ3v) is 5.09. The van der Waals surface area contributed by atoms with Gasteiger partial charge in [-0.1, -0.05) is 49.0 Å². The van der Waals surface area contributed by atoms with E-state index in [9.17, 15) is 9.90 Å². The van der Waals surface area contributed by atoms with Gasteiger partial charge in [-0.2, -0.15) is 0 Å². The molecule has 0 amide bonds. The van der Waals surface area contributed by atoms with Gasteiger partial charge in [-0.15, -0.1) is 0 Å². The topological polar surface area (TPSA) is 72.6 Å². The van der Waals surface area contributed by atoms with Gasteiger partial charge in [0, 0.05) is 11.1 Å². The second-order valence-corrected chi connectivity index (χ2v) is 6.76. The number of hydrogen-bond donors (Lipinski definition) is 1. The fourth-order valence-electron chi connectivity index (χ4n) is 2.51. The van der Waals surface area contributed by atoms with Crippen LogP contribution in [0.3, 0.4) is 0 Å². The van der Waals surface area contributed by atoms with Crippen molar-refractivity contribution in [3.63, 3.8) is 0 Å². The Labute approximate surface area is 156 Å². The molecule has 26 heavy (non-hydrogen) atoms. The fraction of sp³-hybridized carbons (Fsp3) is 0.200. The summed E-state index contributed by atoms with van der Waals surface area (Å²) in [6.07, 6.45) is 0.487. The monoisotopic (exact) mass is 369 g/mol. The van der Waals surface area contributed by atoms with Crippen molar-refractivity contribution in [2.45, 2.75) is 23.8 Å². The SMILES string of the molecule is CCC(Sc1nc(-c2ccccc2)c(-c2ccc(OC)cc2)o1)C(=O)O. The van der Waals surface area contributed by atoms with E-state index in [0.29, 0.717) is 23.1 Å². The average molecular weight is 369 g/mol. The van der Waals surface area contributed by atoms with Crippen molar-refractivity contribution in [1.29, 1.82) is 0 Å². The summed E-state index contributed by atoms with van der Waals surface area (Å²) in [6, 6.07) is 17.2. The number of oxazole rings is 1. The van der Waals surface area contributed by atoms with Crippen LogP contribution in [0.15, 0.2) is 64.2 Å². The summed E-state index contributed by atoms with van der Waals surface area (Å²) in [6.45, 7) is 1.83. The summed E-state index contributed by atoms with van der Waals surface area (Å²) in [5.41, 5.74) is 2.46. The maximum Gasteiger partial charge on any atom is 0.317 e. The molecule has 1 atom stereocenters. The molecule has 1 heterocycles. The van der Waals surface area contributed by atoms with Crippen molar-refractivity contribution in [3.05, 3.63) is 54.6 Å². The number of ether oxygens (including phenoxy) is 1. The van der Waals surface area contributed by atoms with Gasteiger partial charge in [-0.3, -0.25) is 4.79 Å². The summed E-state index contributed by atoms with van der Waals surface area (Å²) in [7, 11) is 1.62. The first-order chi connectivity index (χ1) is 12.6. The highest BCUT2D eigenvalue weighted by Gasteiger charge is 2.23. The molecule has 0 aliphatic rings. The number of carbonyl (C=O) groups is 1. The Balaban J connectivity index is 2.04. The predicted molar refractivity (Wildman–Crippen MR) is 101 cm³/mol. The number of rotatable bonds is 7. The highest BCUT2D eigenvalue weighted by Crippen LogP contribution is 2.37. The lowest BCUT2D eigenvalue weighted by Crippen LogP contribution is -2.14. The molecule has 0 saturated carbocycles. The van der Waals surface area contributed by atoms with E-state index in [-0.39, 0.29) is 0 Å². The molecule has 0 spiro atoms. The minimum atomic E-state index is -0.872. The van der Waals surface area contributed by atoms with Gasteiger partial charge in [0.25, 0.3) is 5.22 Å². The quantitative estimate of drug-likeness (QED) is 0.593. The van der Waals surface area contributed by atoms with Gasteiger partial charge in [0.1, 0.15) is 16.7 Å². The lowest BCUT2D eigenvalue weighted by Gasteiger charge is -2.05. The van der Waals surface area contributed by atoms with Crippen molar-refractivity contribution >= 4 is 17.7 Å². The van der Waals surface area contributed by atoms with Crippen LogP contribution in [0.25, 0.3) is 22.6 Å². The second kappa shape index (κ2) is 8.10. The molecule has 2 aromatic carbocycles. The van der Waals surface area contributed by atoms with E-state index in [0.717, 1.165) is 28.6 Å². The number of nitrogens with zero attached hydrogens (tertiary/aromatic N) is 1. The number of carboxylic acids is 1. The lowest BCUT2D eigenvalue weighted by molar-refractivity contribution is -0.136. The van der Waals surface area contributed by atoms with Crippen molar-refractivity contribution in [2.75, 3.05) is 7.11 Å². The maximum absolute atomic E-state index is 11.3.